The molecule has 78 valence electrons. The zero-order valence-electron chi connectivity index (χ0n) is 9.02. The number of H-pyrrole nitrogens is 1. The van der Waals surface area contributed by atoms with Crippen LogP contribution in [0, 0.1) is 6.92 Å². The van der Waals surface area contributed by atoms with Crippen molar-refractivity contribution >= 4 is 5.97 Å². The first kappa shape index (κ1) is 10.8. The van der Waals surface area contributed by atoms with Gasteiger partial charge in [-0.05, 0) is 31.4 Å². The summed E-state index contributed by atoms with van der Waals surface area (Å²) in [6.07, 6.45) is 3.24. The summed E-state index contributed by atoms with van der Waals surface area (Å²) in [5.41, 5.74) is 3.44. The molecule has 0 spiro atoms. The lowest BCUT2D eigenvalue weighted by Crippen LogP contribution is -2.09. The van der Waals surface area contributed by atoms with Crippen LogP contribution in [0.5, 0.6) is 0 Å². The molecule has 0 radical (unpaired) electrons. The third-order valence-electron chi connectivity index (χ3n) is 2.28. The van der Waals surface area contributed by atoms with Crippen LogP contribution in [0.1, 0.15) is 30.7 Å². The third kappa shape index (κ3) is 2.37. The Morgan fingerprint density at radius 1 is 1.50 bits per heavy atom. The smallest absolute Gasteiger partial charge is 0.311 e. The van der Waals surface area contributed by atoms with Crippen LogP contribution in [0.4, 0.5) is 0 Å². The second-order valence-corrected chi connectivity index (χ2v) is 3.26. The van der Waals surface area contributed by atoms with E-state index in [2.05, 4.69) is 11.9 Å². The molecule has 0 atom stereocenters. The molecule has 1 rings (SSSR count). The van der Waals surface area contributed by atoms with Gasteiger partial charge in [0.1, 0.15) is 0 Å². The number of hydrogen-bond donors (Lipinski definition) is 1. The van der Waals surface area contributed by atoms with E-state index in [9.17, 15) is 4.79 Å². The number of rotatable bonds is 4. The maximum Gasteiger partial charge on any atom is 0.311 e. The Morgan fingerprint density at radius 3 is 2.79 bits per heavy atom. The molecule has 0 saturated heterocycles. The van der Waals surface area contributed by atoms with Crippen molar-refractivity contribution < 1.29 is 9.53 Å². The molecule has 0 bridgehead atoms. The van der Waals surface area contributed by atoms with E-state index in [4.69, 9.17) is 4.74 Å². The van der Waals surface area contributed by atoms with E-state index in [0.717, 1.165) is 12.1 Å². The van der Waals surface area contributed by atoms with Gasteiger partial charge in [0.15, 0.2) is 0 Å². The number of ether oxygens (including phenoxy) is 1. The van der Waals surface area contributed by atoms with Crippen molar-refractivity contribution in [3.05, 3.63) is 23.0 Å². The Kier molecular flexibility index (Phi) is 3.74. The van der Waals surface area contributed by atoms with Crippen LogP contribution >= 0.6 is 0 Å². The third-order valence-corrected chi connectivity index (χ3v) is 2.28. The number of aromatic amines is 1. The number of hydrogen-bond acceptors (Lipinski definition) is 2. The Labute approximate surface area is 84.5 Å². The van der Waals surface area contributed by atoms with Crippen LogP contribution in [0.2, 0.25) is 0 Å². The highest BCUT2D eigenvalue weighted by Gasteiger charge is 2.10. The highest BCUT2D eigenvalue weighted by molar-refractivity contribution is 5.72. The highest BCUT2D eigenvalue weighted by atomic mass is 16.5. The maximum absolute atomic E-state index is 11.2. The van der Waals surface area contributed by atoms with E-state index >= 15 is 0 Å². The van der Waals surface area contributed by atoms with E-state index in [-0.39, 0.29) is 5.97 Å². The fourth-order valence-electron chi connectivity index (χ4n) is 1.61. The average Bonchev–Trinajstić information content (AvgIpc) is 2.47. The van der Waals surface area contributed by atoms with Crippen LogP contribution in [0.15, 0.2) is 6.20 Å². The van der Waals surface area contributed by atoms with E-state index < -0.39 is 0 Å². The number of carbonyl (C=O) groups is 1. The number of aryl methyl sites for hydroxylation is 1. The van der Waals surface area contributed by atoms with Gasteiger partial charge in [-0.25, -0.2) is 0 Å². The largest absolute Gasteiger partial charge is 0.466 e. The number of esters is 1. The lowest BCUT2D eigenvalue weighted by Gasteiger charge is -2.03. The van der Waals surface area contributed by atoms with Crippen molar-refractivity contribution in [1.82, 2.24) is 4.98 Å². The van der Waals surface area contributed by atoms with Crippen molar-refractivity contribution in [2.75, 3.05) is 6.61 Å². The van der Waals surface area contributed by atoms with E-state index in [1.807, 2.05) is 20.0 Å². The summed E-state index contributed by atoms with van der Waals surface area (Å²) in [5, 5.41) is 0. The van der Waals surface area contributed by atoms with Crippen LogP contribution in [-0.2, 0) is 22.4 Å². The van der Waals surface area contributed by atoms with Crippen molar-refractivity contribution in [3.63, 3.8) is 0 Å². The summed E-state index contributed by atoms with van der Waals surface area (Å²) >= 11 is 0. The molecule has 0 unspecified atom stereocenters. The fraction of sp³-hybridized carbons (Fsp3) is 0.545. The fourth-order valence-corrected chi connectivity index (χ4v) is 1.61. The predicted octanol–water partition coefficient (Wildman–Crippen LogP) is 1.99. The molecule has 1 N–H and O–H groups in total. The van der Waals surface area contributed by atoms with Gasteiger partial charge in [-0.3, -0.25) is 4.79 Å². The van der Waals surface area contributed by atoms with Crippen molar-refractivity contribution in [2.45, 2.75) is 33.6 Å². The Morgan fingerprint density at radius 2 is 2.21 bits per heavy atom. The first-order valence-electron chi connectivity index (χ1n) is 5.00. The van der Waals surface area contributed by atoms with Crippen LogP contribution in [0.25, 0.3) is 0 Å². The lowest BCUT2D eigenvalue weighted by atomic mass is 10.1. The summed E-state index contributed by atoms with van der Waals surface area (Å²) in [4.78, 5) is 14.4. The molecule has 1 heterocycles. The molecular formula is C11H17NO2. The molecule has 1 aromatic heterocycles. The molecule has 0 aliphatic rings. The minimum Gasteiger partial charge on any atom is -0.466 e. The zero-order valence-corrected chi connectivity index (χ0v) is 9.02. The van der Waals surface area contributed by atoms with Crippen LogP contribution in [0.3, 0.4) is 0 Å². The Bertz CT molecular complexity index is 315. The van der Waals surface area contributed by atoms with E-state index in [1.54, 1.807) is 0 Å². The molecule has 0 saturated carbocycles. The molecule has 0 aromatic carbocycles. The minimum atomic E-state index is -0.163. The number of nitrogens with one attached hydrogen (secondary N) is 1. The number of carbonyl (C=O) groups excluding carboxylic acids is 1. The standard InChI is InChI=1S/C11H17NO2/c1-4-9-8(3)7-12-10(9)6-11(13)14-5-2/h7,12H,4-6H2,1-3H3. The van der Waals surface area contributed by atoms with Gasteiger partial charge in [-0.1, -0.05) is 6.92 Å². The molecule has 0 amide bonds. The second-order valence-electron chi connectivity index (χ2n) is 3.26. The maximum atomic E-state index is 11.2. The molecule has 3 heteroatoms. The zero-order chi connectivity index (χ0) is 10.6. The summed E-state index contributed by atoms with van der Waals surface area (Å²) in [5.74, 6) is -0.163. The highest BCUT2D eigenvalue weighted by Crippen LogP contribution is 2.14. The molecule has 0 aliphatic carbocycles. The minimum absolute atomic E-state index is 0.163. The molecule has 1 aromatic rings. The quantitative estimate of drug-likeness (QED) is 0.746. The summed E-state index contributed by atoms with van der Waals surface area (Å²) in [6, 6.07) is 0. The summed E-state index contributed by atoms with van der Waals surface area (Å²) in [6.45, 7) is 6.40. The van der Waals surface area contributed by atoms with Gasteiger partial charge in [-0.15, -0.1) is 0 Å². The second kappa shape index (κ2) is 4.84. The van der Waals surface area contributed by atoms with Gasteiger partial charge >= 0.3 is 5.97 Å². The van der Waals surface area contributed by atoms with E-state index in [1.165, 1.54) is 11.1 Å². The van der Waals surface area contributed by atoms with Crippen LogP contribution in [-0.4, -0.2) is 17.6 Å². The Balaban J connectivity index is 2.71. The monoisotopic (exact) mass is 195 g/mol. The van der Waals surface area contributed by atoms with Gasteiger partial charge in [0.05, 0.1) is 13.0 Å². The molecule has 3 nitrogen and oxygen atoms in total. The average molecular weight is 195 g/mol. The lowest BCUT2D eigenvalue weighted by molar-refractivity contribution is -0.142. The predicted molar refractivity (Wildman–Crippen MR) is 55.2 cm³/mol. The molecule has 14 heavy (non-hydrogen) atoms. The van der Waals surface area contributed by atoms with Gasteiger partial charge < -0.3 is 9.72 Å². The molecular weight excluding hydrogens is 178 g/mol. The normalized spacial score (nSPS) is 10.2. The first-order chi connectivity index (χ1) is 6.69. The number of aromatic nitrogens is 1. The van der Waals surface area contributed by atoms with Gasteiger partial charge in [0.2, 0.25) is 0 Å². The first-order valence-corrected chi connectivity index (χ1v) is 5.00. The summed E-state index contributed by atoms with van der Waals surface area (Å²) < 4.78 is 4.90. The molecule has 0 fully saturated rings. The summed E-state index contributed by atoms with van der Waals surface area (Å²) in [7, 11) is 0. The van der Waals surface area contributed by atoms with Crippen LogP contribution < -0.4 is 0 Å². The Hall–Kier alpha value is -1.25. The van der Waals surface area contributed by atoms with Gasteiger partial charge in [0.25, 0.3) is 0 Å². The van der Waals surface area contributed by atoms with Crippen molar-refractivity contribution in [1.29, 1.82) is 0 Å². The van der Waals surface area contributed by atoms with Gasteiger partial charge in [0, 0.05) is 11.9 Å². The SMILES string of the molecule is CCOC(=O)Cc1[nH]cc(C)c1CC. The topological polar surface area (TPSA) is 42.1 Å². The van der Waals surface area contributed by atoms with Crippen molar-refractivity contribution in [3.8, 4) is 0 Å². The van der Waals surface area contributed by atoms with E-state index in [0.29, 0.717) is 13.0 Å². The van der Waals surface area contributed by atoms with Gasteiger partial charge in [-0.2, -0.15) is 0 Å². The van der Waals surface area contributed by atoms with Crippen molar-refractivity contribution in [2.24, 2.45) is 0 Å². The molecule has 0 aliphatic heterocycles.